The number of alkyl halides is 2. The molecule has 1 nitrogen and oxygen atoms in total. The average Bonchev–Trinajstić information content (AvgIpc) is 3.10. The second kappa shape index (κ2) is 5.79. The number of halogens is 2. The van der Waals surface area contributed by atoms with Crippen LogP contribution in [0.1, 0.15) is 50.2 Å². The molecule has 0 heterocycles. The van der Waals surface area contributed by atoms with Crippen LogP contribution in [-0.2, 0) is 6.54 Å². The van der Waals surface area contributed by atoms with Crippen LogP contribution in [-0.4, -0.2) is 6.54 Å². The number of hydrogen-bond donors (Lipinski definition) is 1. The molecular formula is C15H21F2N. The van der Waals surface area contributed by atoms with Gasteiger partial charge in [-0.3, -0.25) is 0 Å². The van der Waals surface area contributed by atoms with Gasteiger partial charge in [0, 0.05) is 18.7 Å². The summed E-state index contributed by atoms with van der Waals surface area (Å²) in [5.74, 6) is 0. The molecular weight excluding hydrogens is 232 g/mol. The summed E-state index contributed by atoms with van der Waals surface area (Å²) in [6.45, 7) is 3.91. The van der Waals surface area contributed by atoms with E-state index in [1.54, 1.807) is 12.1 Å². The van der Waals surface area contributed by atoms with Gasteiger partial charge in [0.05, 0.1) is 0 Å². The third kappa shape index (κ3) is 3.52. The molecule has 0 radical (unpaired) electrons. The van der Waals surface area contributed by atoms with E-state index in [1.165, 1.54) is 31.7 Å². The molecule has 0 unspecified atom stereocenters. The summed E-state index contributed by atoms with van der Waals surface area (Å²) < 4.78 is 25.1. The lowest BCUT2D eigenvalue weighted by Crippen LogP contribution is -2.23. The van der Waals surface area contributed by atoms with E-state index < -0.39 is 6.43 Å². The van der Waals surface area contributed by atoms with Gasteiger partial charge in [-0.25, -0.2) is 8.78 Å². The molecule has 0 atom stereocenters. The summed E-state index contributed by atoms with van der Waals surface area (Å²) in [6, 6.07) is 6.68. The Kier molecular flexibility index (Phi) is 4.33. The van der Waals surface area contributed by atoms with Gasteiger partial charge in [0.25, 0.3) is 6.43 Å². The second-order valence-corrected chi connectivity index (χ2v) is 5.40. The quantitative estimate of drug-likeness (QED) is 0.764. The Bertz CT molecular complexity index is 386. The van der Waals surface area contributed by atoms with Crippen LogP contribution in [0.5, 0.6) is 0 Å². The minimum absolute atomic E-state index is 0.115. The van der Waals surface area contributed by atoms with Crippen molar-refractivity contribution in [3.63, 3.8) is 0 Å². The maximum atomic E-state index is 12.5. The van der Waals surface area contributed by atoms with Gasteiger partial charge in [-0.05, 0) is 36.3 Å². The summed E-state index contributed by atoms with van der Waals surface area (Å²) in [6.07, 6.45) is 2.75. The summed E-state index contributed by atoms with van der Waals surface area (Å²) >= 11 is 0. The zero-order valence-electron chi connectivity index (χ0n) is 10.9. The van der Waals surface area contributed by atoms with Crippen LogP contribution in [0.4, 0.5) is 8.78 Å². The molecule has 0 spiro atoms. The van der Waals surface area contributed by atoms with Gasteiger partial charge in [0.15, 0.2) is 0 Å². The second-order valence-electron chi connectivity index (χ2n) is 5.40. The number of nitrogens with one attached hydrogen (secondary N) is 1. The Labute approximate surface area is 108 Å². The monoisotopic (exact) mass is 253 g/mol. The highest BCUT2D eigenvalue weighted by atomic mass is 19.3. The van der Waals surface area contributed by atoms with Crippen molar-refractivity contribution in [2.75, 3.05) is 6.54 Å². The van der Waals surface area contributed by atoms with Crippen LogP contribution < -0.4 is 5.32 Å². The van der Waals surface area contributed by atoms with E-state index in [-0.39, 0.29) is 5.56 Å². The molecule has 0 aliphatic heterocycles. The lowest BCUT2D eigenvalue weighted by atomic mass is 10.0. The Morgan fingerprint density at radius 2 is 2.11 bits per heavy atom. The third-order valence-corrected chi connectivity index (χ3v) is 3.77. The van der Waals surface area contributed by atoms with E-state index in [0.717, 1.165) is 12.1 Å². The molecule has 3 heteroatoms. The van der Waals surface area contributed by atoms with Crippen molar-refractivity contribution in [2.24, 2.45) is 5.41 Å². The van der Waals surface area contributed by atoms with Gasteiger partial charge >= 0.3 is 0 Å². The first-order chi connectivity index (χ1) is 8.65. The first kappa shape index (κ1) is 13.5. The smallest absolute Gasteiger partial charge is 0.263 e. The van der Waals surface area contributed by atoms with Crippen LogP contribution in [0.3, 0.4) is 0 Å². The zero-order valence-corrected chi connectivity index (χ0v) is 10.9. The summed E-state index contributed by atoms with van der Waals surface area (Å²) in [4.78, 5) is 0. The Morgan fingerprint density at radius 3 is 2.72 bits per heavy atom. The van der Waals surface area contributed by atoms with Crippen molar-refractivity contribution in [3.8, 4) is 0 Å². The van der Waals surface area contributed by atoms with Gasteiger partial charge in [-0.1, -0.05) is 31.5 Å². The molecule has 0 saturated heterocycles. The third-order valence-electron chi connectivity index (χ3n) is 3.77. The summed E-state index contributed by atoms with van der Waals surface area (Å²) in [7, 11) is 0. The van der Waals surface area contributed by atoms with Crippen LogP contribution in [0, 0.1) is 5.41 Å². The molecule has 0 aromatic heterocycles. The van der Waals surface area contributed by atoms with Crippen molar-refractivity contribution in [1.29, 1.82) is 0 Å². The van der Waals surface area contributed by atoms with Gasteiger partial charge in [0.1, 0.15) is 0 Å². The molecule has 1 aliphatic carbocycles. The van der Waals surface area contributed by atoms with Crippen molar-refractivity contribution in [3.05, 3.63) is 35.4 Å². The molecule has 1 N–H and O–H groups in total. The molecule has 1 saturated carbocycles. The Hall–Kier alpha value is -0.960. The summed E-state index contributed by atoms with van der Waals surface area (Å²) in [5, 5.41) is 3.41. The van der Waals surface area contributed by atoms with Gasteiger partial charge in [0.2, 0.25) is 0 Å². The van der Waals surface area contributed by atoms with Gasteiger partial charge in [-0.2, -0.15) is 0 Å². The molecule has 1 aromatic carbocycles. The van der Waals surface area contributed by atoms with E-state index in [1.807, 2.05) is 6.07 Å². The standard InChI is InChI=1S/C15H21F2N/c1-2-6-15(7-8-15)11-18-10-12-4-3-5-13(9-12)14(16)17/h3-5,9,14,18H,2,6-8,10-11H2,1H3. The highest BCUT2D eigenvalue weighted by molar-refractivity contribution is 5.24. The lowest BCUT2D eigenvalue weighted by Gasteiger charge is -2.15. The predicted octanol–water partition coefficient (Wildman–Crippen LogP) is 4.29. The molecule has 2 rings (SSSR count). The fourth-order valence-electron chi connectivity index (χ4n) is 2.53. The van der Waals surface area contributed by atoms with E-state index in [2.05, 4.69) is 12.2 Å². The Morgan fingerprint density at radius 1 is 1.33 bits per heavy atom. The lowest BCUT2D eigenvalue weighted by molar-refractivity contribution is 0.151. The molecule has 18 heavy (non-hydrogen) atoms. The minimum Gasteiger partial charge on any atom is -0.312 e. The number of hydrogen-bond acceptors (Lipinski definition) is 1. The van der Waals surface area contributed by atoms with Crippen LogP contribution >= 0.6 is 0 Å². The maximum absolute atomic E-state index is 12.5. The predicted molar refractivity (Wildman–Crippen MR) is 69.7 cm³/mol. The topological polar surface area (TPSA) is 12.0 Å². The van der Waals surface area contributed by atoms with E-state index in [9.17, 15) is 8.78 Å². The minimum atomic E-state index is -2.38. The molecule has 100 valence electrons. The average molecular weight is 253 g/mol. The van der Waals surface area contributed by atoms with Crippen LogP contribution in [0.2, 0.25) is 0 Å². The van der Waals surface area contributed by atoms with E-state index in [0.29, 0.717) is 12.0 Å². The highest BCUT2D eigenvalue weighted by Crippen LogP contribution is 2.48. The fourth-order valence-corrected chi connectivity index (χ4v) is 2.53. The van der Waals surface area contributed by atoms with Crippen LogP contribution in [0.15, 0.2) is 24.3 Å². The fraction of sp³-hybridized carbons (Fsp3) is 0.600. The van der Waals surface area contributed by atoms with Gasteiger partial charge in [-0.15, -0.1) is 0 Å². The van der Waals surface area contributed by atoms with Crippen molar-refractivity contribution >= 4 is 0 Å². The summed E-state index contributed by atoms with van der Waals surface area (Å²) in [5.41, 5.74) is 1.57. The van der Waals surface area contributed by atoms with Crippen molar-refractivity contribution < 1.29 is 8.78 Å². The van der Waals surface area contributed by atoms with Crippen molar-refractivity contribution in [1.82, 2.24) is 5.32 Å². The zero-order chi connectivity index (χ0) is 13.0. The number of benzene rings is 1. The maximum Gasteiger partial charge on any atom is 0.263 e. The SMILES string of the molecule is CCCC1(CNCc2cccc(C(F)F)c2)CC1. The molecule has 0 bridgehead atoms. The molecule has 1 aromatic rings. The van der Waals surface area contributed by atoms with Gasteiger partial charge < -0.3 is 5.32 Å². The van der Waals surface area contributed by atoms with E-state index in [4.69, 9.17) is 0 Å². The molecule has 1 fully saturated rings. The molecule has 0 amide bonds. The normalized spacial score (nSPS) is 17.1. The first-order valence-electron chi connectivity index (χ1n) is 6.73. The highest BCUT2D eigenvalue weighted by Gasteiger charge is 2.40. The Balaban J connectivity index is 1.81. The van der Waals surface area contributed by atoms with Crippen LogP contribution in [0.25, 0.3) is 0 Å². The first-order valence-corrected chi connectivity index (χ1v) is 6.73. The largest absolute Gasteiger partial charge is 0.312 e. The van der Waals surface area contributed by atoms with E-state index >= 15 is 0 Å². The number of rotatable bonds is 7. The van der Waals surface area contributed by atoms with Crippen molar-refractivity contribution in [2.45, 2.75) is 45.6 Å². The molecule has 1 aliphatic rings.